The summed E-state index contributed by atoms with van der Waals surface area (Å²) in [6.07, 6.45) is 0.993. The molecular weight excluding hydrogens is 198 g/mol. The normalized spacial score (nSPS) is 15.5. The highest BCUT2D eigenvalue weighted by molar-refractivity contribution is 8.26. The molecule has 6 heteroatoms. The Morgan fingerprint density at radius 3 is 2.57 bits per heavy atom. The van der Waals surface area contributed by atoms with Crippen molar-refractivity contribution in [1.82, 2.24) is 0 Å². The molecule has 0 aromatic rings. The maximum absolute atomic E-state index is 9.36. The van der Waals surface area contributed by atoms with Gasteiger partial charge in [-0.2, -0.15) is 0 Å². The van der Waals surface area contributed by atoms with Gasteiger partial charge in [-0.15, -0.1) is 0 Å². The third kappa shape index (κ3) is 7.73. The van der Waals surface area contributed by atoms with Crippen LogP contribution in [-0.2, 0) is 4.74 Å². The summed E-state index contributed by atoms with van der Waals surface area (Å²) in [5.41, 5.74) is 0. The quantitative estimate of drug-likeness (QED) is 0.447. The Morgan fingerprint density at radius 1 is 1.50 bits per heavy atom. The van der Waals surface area contributed by atoms with Crippen LogP contribution in [0.1, 0.15) is 20.3 Å². The standard InChI is InChI=1S/C8H17B2O3S/c1-6(2)3-7(4-11)13-8(12)5-14-10-9/h6-8,11-12H,3-5H2,1-2H3. The van der Waals surface area contributed by atoms with Gasteiger partial charge in [0, 0.05) is 13.5 Å². The Hall–Kier alpha value is 0.360. The monoisotopic (exact) mass is 215 g/mol. The molecule has 0 aliphatic rings. The summed E-state index contributed by atoms with van der Waals surface area (Å²) in [5.74, 6) is 0.832. The lowest BCUT2D eigenvalue weighted by Gasteiger charge is -2.21. The SMILES string of the molecule is [B][B]SCC(O)OC(CO)CC(C)C. The van der Waals surface area contributed by atoms with E-state index in [0.717, 1.165) is 6.42 Å². The van der Waals surface area contributed by atoms with E-state index in [1.807, 2.05) is 13.8 Å². The number of hydrogen-bond donors (Lipinski definition) is 2. The van der Waals surface area contributed by atoms with Crippen LogP contribution in [0.5, 0.6) is 0 Å². The summed E-state index contributed by atoms with van der Waals surface area (Å²) in [6, 6.07) is 0. The average molecular weight is 215 g/mol. The van der Waals surface area contributed by atoms with Gasteiger partial charge in [0.25, 0.3) is 0 Å². The van der Waals surface area contributed by atoms with Crippen molar-refractivity contribution >= 4 is 25.8 Å². The molecule has 0 fully saturated rings. The van der Waals surface area contributed by atoms with Crippen LogP contribution in [-0.4, -0.2) is 49.2 Å². The van der Waals surface area contributed by atoms with Crippen molar-refractivity contribution in [3.05, 3.63) is 0 Å². The zero-order valence-electron chi connectivity index (χ0n) is 8.72. The van der Waals surface area contributed by atoms with Gasteiger partial charge >= 0.3 is 0 Å². The Balaban J connectivity index is 3.68. The van der Waals surface area contributed by atoms with E-state index in [4.69, 9.17) is 17.6 Å². The minimum Gasteiger partial charge on any atom is -0.394 e. The van der Waals surface area contributed by atoms with E-state index >= 15 is 0 Å². The largest absolute Gasteiger partial charge is 0.394 e. The molecule has 0 aromatic heterocycles. The van der Waals surface area contributed by atoms with Gasteiger partial charge in [-0.05, 0) is 12.3 Å². The molecule has 2 N–H and O–H groups in total. The Labute approximate surface area is 92.1 Å². The lowest BCUT2D eigenvalue weighted by Crippen LogP contribution is -2.28. The summed E-state index contributed by atoms with van der Waals surface area (Å²) in [4.78, 5) is 0. The molecule has 0 aliphatic carbocycles. The lowest BCUT2D eigenvalue weighted by molar-refractivity contribution is -0.137. The second kappa shape index (κ2) is 8.65. The van der Waals surface area contributed by atoms with E-state index in [-0.39, 0.29) is 12.7 Å². The van der Waals surface area contributed by atoms with Gasteiger partial charge in [0.05, 0.1) is 12.7 Å². The Bertz CT molecular complexity index is 138. The summed E-state index contributed by atoms with van der Waals surface area (Å²) < 4.78 is 5.22. The summed E-state index contributed by atoms with van der Waals surface area (Å²) in [6.45, 7) is 4.02. The number of ether oxygens (including phenoxy) is 1. The second-order valence-electron chi connectivity index (χ2n) is 3.49. The molecular formula is C8H17B2O3S. The van der Waals surface area contributed by atoms with Crippen molar-refractivity contribution in [2.75, 3.05) is 12.4 Å². The highest BCUT2D eigenvalue weighted by atomic mass is 32.2. The van der Waals surface area contributed by atoms with Crippen molar-refractivity contribution in [1.29, 1.82) is 0 Å². The topological polar surface area (TPSA) is 49.7 Å². The molecule has 2 atom stereocenters. The van der Waals surface area contributed by atoms with Gasteiger partial charge in [0.1, 0.15) is 6.45 Å². The fourth-order valence-corrected chi connectivity index (χ4v) is 1.45. The van der Waals surface area contributed by atoms with Crippen molar-refractivity contribution in [2.45, 2.75) is 32.7 Å². The molecule has 2 unspecified atom stereocenters. The van der Waals surface area contributed by atoms with Crippen LogP contribution in [0.25, 0.3) is 0 Å². The van der Waals surface area contributed by atoms with Gasteiger partial charge in [0.2, 0.25) is 0 Å². The molecule has 14 heavy (non-hydrogen) atoms. The van der Waals surface area contributed by atoms with Gasteiger partial charge in [0.15, 0.2) is 6.29 Å². The van der Waals surface area contributed by atoms with Gasteiger partial charge in [-0.25, -0.2) is 11.6 Å². The summed E-state index contributed by atoms with van der Waals surface area (Å²) in [5, 5.41) is 18.3. The molecule has 0 saturated carbocycles. The third-order valence-corrected chi connectivity index (χ3v) is 2.29. The Kier molecular flexibility index (Phi) is 8.87. The smallest absolute Gasteiger partial charge is 0.163 e. The molecule has 0 rings (SSSR count). The van der Waals surface area contributed by atoms with Crippen LogP contribution >= 0.6 is 11.6 Å². The van der Waals surface area contributed by atoms with Crippen LogP contribution in [0.3, 0.4) is 0 Å². The van der Waals surface area contributed by atoms with Crippen LogP contribution in [0.15, 0.2) is 0 Å². The zero-order chi connectivity index (χ0) is 11.0. The predicted molar refractivity (Wildman–Crippen MR) is 61.4 cm³/mol. The summed E-state index contributed by atoms with van der Waals surface area (Å²) >= 11 is 1.28. The molecule has 0 heterocycles. The zero-order valence-corrected chi connectivity index (χ0v) is 9.54. The van der Waals surface area contributed by atoms with E-state index in [1.165, 1.54) is 18.1 Å². The number of hydrogen-bond acceptors (Lipinski definition) is 4. The fourth-order valence-electron chi connectivity index (χ4n) is 1.10. The molecule has 0 aromatic carbocycles. The van der Waals surface area contributed by atoms with Gasteiger partial charge in [-0.1, -0.05) is 13.8 Å². The maximum Gasteiger partial charge on any atom is 0.163 e. The van der Waals surface area contributed by atoms with E-state index < -0.39 is 6.29 Å². The minimum atomic E-state index is -0.865. The van der Waals surface area contributed by atoms with Crippen molar-refractivity contribution in [3.8, 4) is 0 Å². The van der Waals surface area contributed by atoms with E-state index in [2.05, 4.69) is 0 Å². The van der Waals surface area contributed by atoms with Gasteiger partial charge in [-0.3, -0.25) is 0 Å². The highest BCUT2D eigenvalue weighted by Gasteiger charge is 2.14. The highest BCUT2D eigenvalue weighted by Crippen LogP contribution is 2.11. The first kappa shape index (κ1) is 14.4. The third-order valence-electron chi connectivity index (χ3n) is 1.62. The molecule has 79 valence electrons. The summed E-state index contributed by atoms with van der Waals surface area (Å²) in [7, 11) is 5.14. The first-order valence-electron chi connectivity index (χ1n) is 4.69. The second-order valence-corrected chi connectivity index (χ2v) is 4.43. The van der Waals surface area contributed by atoms with Crippen LogP contribution in [0, 0.1) is 5.92 Å². The fraction of sp³-hybridized carbons (Fsp3) is 1.00. The molecule has 0 spiro atoms. The van der Waals surface area contributed by atoms with E-state index in [9.17, 15) is 5.11 Å². The van der Waals surface area contributed by atoms with E-state index in [0.29, 0.717) is 11.7 Å². The van der Waals surface area contributed by atoms with E-state index in [1.54, 1.807) is 0 Å². The van der Waals surface area contributed by atoms with Crippen LogP contribution in [0.2, 0.25) is 0 Å². The van der Waals surface area contributed by atoms with Crippen molar-refractivity contribution in [2.24, 2.45) is 5.92 Å². The average Bonchev–Trinajstić information content (AvgIpc) is 2.12. The van der Waals surface area contributed by atoms with Crippen LogP contribution in [0.4, 0.5) is 0 Å². The minimum absolute atomic E-state index is 0.0632. The number of aliphatic hydroxyl groups excluding tert-OH is 2. The number of aliphatic hydroxyl groups is 2. The Morgan fingerprint density at radius 2 is 2.14 bits per heavy atom. The predicted octanol–water partition coefficient (Wildman–Crippen LogP) is 0.164. The molecule has 0 bridgehead atoms. The number of rotatable bonds is 8. The maximum atomic E-state index is 9.36. The molecule has 0 amide bonds. The first-order chi connectivity index (χ1) is 6.60. The van der Waals surface area contributed by atoms with Crippen molar-refractivity contribution in [3.63, 3.8) is 0 Å². The van der Waals surface area contributed by atoms with Crippen molar-refractivity contribution < 1.29 is 14.9 Å². The molecule has 0 saturated heterocycles. The first-order valence-corrected chi connectivity index (χ1v) is 5.74. The molecule has 3 radical (unpaired) electrons. The van der Waals surface area contributed by atoms with Gasteiger partial charge < -0.3 is 14.9 Å². The molecule has 0 aliphatic heterocycles. The lowest BCUT2D eigenvalue weighted by atomic mass is 9.79. The van der Waals surface area contributed by atoms with Crippen LogP contribution < -0.4 is 0 Å². The molecule has 3 nitrogen and oxygen atoms in total.